The maximum absolute atomic E-state index is 10.6. The van der Waals surface area contributed by atoms with Crippen molar-refractivity contribution in [3.63, 3.8) is 0 Å². The Balaban J connectivity index is 1.92. The quantitative estimate of drug-likeness (QED) is 0.856. The lowest BCUT2D eigenvalue weighted by molar-refractivity contribution is -0.137. The van der Waals surface area contributed by atoms with E-state index >= 15 is 0 Å². The van der Waals surface area contributed by atoms with Gasteiger partial charge in [0.1, 0.15) is 0 Å². The van der Waals surface area contributed by atoms with Gasteiger partial charge in [-0.25, -0.2) is 0 Å². The molecule has 1 saturated carbocycles. The molecule has 1 aliphatic carbocycles. The molecule has 19 heavy (non-hydrogen) atoms. The van der Waals surface area contributed by atoms with Gasteiger partial charge in [0, 0.05) is 6.04 Å². The van der Waals surface area contributed by atoms with Crippen LogP contribution in [0.25, 0.3) is 0 Å². The third kappa shape index (κ3) is 4.35. The van der Waals surface area contributed by atoms with Crippen molar-refractivity contribution in [1.29, 1.82) is 0 Å². The molecule has 0 heterocycles. The summed E-state index contributed by atoms with van der Waals surface area (Å²) in [6, 6.07) is 8.30. The summed E-state index contributed by atoms with van der Waals surface area (Å²) in [4.78, 5) is 10.6. The van der Waals surface area contributed by atoms with Crippen LogP contribution in [0.2, 0.25) is 0 Å². The van der Waals surface area contributed by atoms with Gasteiger partial charge >= 0.3 is 5.97 Å². The number of carboxylic acids is 1. The van der Waals surface area contributed by atoms with E-state index in [0.29, 0.717) is 6.42 Å². The van der Waals surface area contributed by atoms with Crippen LogP contribution in [0.4, 0.5) is 0 Å². The lowest BCUT2D eigenvalue weighted by Gasteiger charge is -2.22. The molecule has 3 nitrogen and oxygen atoms in total. The lowest BCUT2D eigenvalue weighted by Crippen LogP contribution is -2.26. The Morgan fingerprint density at radius 3 is 2.42 bits per heavy atom. The first kappa shape index (κ1) is 14.1. The Morgan fingerprint density at radius 2 is 1.84 bits per heavy atom. The summed E-state index contributed by atoms with van der Waals surface area (Å²) in [5, 5.41) is 8.70. The Labute approximate surface area is 114 Å². The van der Waals surface area contributed by atoms with Gasteiger partial charge in [-0.2, -0.15) is 0 Å². The minimum absolute atomic E-state index is 0.0321. The monoisotopic (exact) mass is 261 g/mol. The summed E-state index contributed by atoms with van der Waals surface area (Å²) in [5.41, 5.74) is 8.37. The van der Waals surface area contributed by atoms with Gasteiger partial charge in [0.15, 0.2) is 0 Å². The average Bonchev–Trinajstić information content (AvgIpc) is 2.39. The van der Waals surface area contributed by atoms with Crippen LogP contribution in [0.3, 0.4) is 0 Å². The molecule has 2 rings (SSSR count). The predicted molar refractivity (Wildman–Crippen MR) is 76.2 cm³/mol. The minimum atomic E-state index is -0.827. The largest absolute Gasteiger partial charge is 0.481 e. The number of hydrogen-bond acceptors (Lipinski definition) is 2. The number of aliphatic carboxylic acids is 1. The Kier molecular flexibility index (Phi) is 4.97. The molecule has 104 valence electrons. The lowest BCUT2D eigenvalue weighted by atomic mass is 9.84. The summed E-state index contributed by atoms with van der Waals surface area (Å²) in [6.07, 6.45) is 7.34. The van der Waals surface area contributed by atoms with Crippen molar-refractivity contribution >= 4 is 5.97 Å². The molecule has 3 heteroatoms. The van der Waals surface area contributed by atoms with Gasteiger partial charge in [-0.1, -0.05) is 43.5 Å². The average molecular weight is 261 g/mol. The highest BCUT2D eigenvalue weighted by Crippen LogP contribution is 2.32. The Bertz CT molecular complexity index is 407. The molecular weight excluding hydrogens is 238 g/mol. The molecule has 0 bridgehead atoms. The number of benzene rings is 1. The molecule has 0 amide bonds. The fourth-order valence-electron chi connectivity index (χ4n) is 2.96. The third-order valence-corrected chi connectivity index (χ3v) is 3.99. The number of hydrogen-bond donors (Lipinski definition) is 2. The molecule has 1 aliphatic rings. The second-order valence-electron chi connectivity index (χ2n) is 5.64. The Hall–Kier alpha value is -1.35. The molecule has 0 saturated heterocycles. The maximum atomic E-state index is 10.6. The highest BCUT2D eigenvalue weighted by molar-refractivity contribution is 5.67. The predicted octanol–water partition coefficient (Wildman–Crippen LogP) is 3.08. The van der Waals surface area contributed by atoms with Gasteiger partial charge < -0.3 is 10.8 Å². The zero-order valence-corrected chi connectivity index (χ0v) is 11.3. The van der Waals surface area contributed by atoms with Gasteiger partial charge in [-0.3, -0.25) is 4.79 Å². The van der Waals surface area contributed by atoms with E-state index in [-0.39, 0.29) is 12.5 Å². The van der Waals surface area contributed by atoms with Crippen molar-refractivity contribution in [1.82, 2.24) is 0 Å². The van der Waals surface area contributed by atoms with Gasteiger partial charge in [-0.05, 0) is 36.3 Å². The van der Waals surface area contributed by atoms with Crippen molar-refractivity contribution in [2.75, 3.05) is 0 Å². The molecule has 1 aromatic rings. The molecule has 1 aromatic carbocycles. The number of nitrogens with two attached hydrogens (primary N) is 1. The molecule has 1 unspecified atom stereocenters. The van der Waals surface area contributed by atoms with Gasteiger partial charge in [0.25, 0.3) is 0 Å². The van der Waals surface area contributed by atoms with Crippen molar-refractivity contribution in [3.05, 3.63) is 35.4 Å². The van der Waals surface area contributed by atoms with E-state index < -0.39 is 5.97 Å². The van der Waals surface area contributed by atoms with Crippen LogP contribution in [0, 0.1) is 0 Å². The molecule has 1 fully saturated rings. The third-order valence-electron chi connectivity index (χ3n) is 3.99. The van der Waals surface area contributed by atoms with E-state index in [2.05, 4.69) is 24.3 Å². The fraction of sp³-hybridized carbons (Fsp3) is 0.562. The van der Waals surface area contributed by atoms with Gasteiger partial charge in [0.05, 0.1) is 6.42 Å². The first-order valence-electron chi connectivity index (χ1n) is 7.21. The zero-order valence-electron chi connectivity index (χ0n) is 11.3. The van der Waals surface area contributed by atoms with Crippen molar-refractivity contribution < 1.29 is 9.90 Å². The summed E-state index contributed by atoms with van der Waals surface area (Å²) < 4.78 is 0. The molecule has 1 atom stereocenters. The van der Waals surface area contributed by atoms with Crippen LogP contribution in [0.5, 0.6) is 0 Å². The van der Waals surface area contributed by atoms with Crippen molar-refractivity contribution in [2.24, 2.45) is 5.73 Å². The maximum Gasteiger partial charge on any atom is 0.304 e. The molecule has 0 aromatic heterocycles. The van der Waals surface area contributed by atoms with Crippen molar-refractivity contribution in [3.8, 4) is 0 Å². The molecule has 3 N–H and O–H groups in total. The standard InChI is InChI=1S/C16H23NO2/c17-15(11-16(18)19)10-12-6-8-14(9-7-12)13-4-2-1-3-5-13/h6-9,13,15H,1-5,10-11,17H2,(H,18,19). The van der Waals surface area contributed by atoms with E-state index in [1.807, 2.05) is 0 Å². The highest BCUT2D eigenvalue weighted by Gasteiger charge is 2.15. The topological polar surface area (TPSA) is 63.3 Å². The second kappa shape index (κ2) is 6.71. The van der Waals surface area contributed by atoms with Gasteiger partial charge in [0.2, 0.25) is 0 Å². The van der Waals surface area contributed by atoms with Crippen LogP contribution in [0.15, 0.2) is 24.3 Å². The van der Waals surface area contributed by atoms with Crippen LogP contribution in [0.1, 0.15) is 55.6 Å². The van der Waals surface area contributed by atoms with E-state index in [9.17, 15) is 4.79 Å². The normalized spacial score (nSPS) is 18.2. The smallest absolute Gasteiger partial charge is 0.304 e. The van der Waals surface area contributed by atoms with Crippen LogP contribution in [-0.4, -0.2) is 17.1 Å². The summed E-state index contributed by atoms with van der Waals surface area (Å²) in [5.74, 6) is -0.109. The number of carboxylic acid groups (broad SMARTS) is 1. The minimum Gasteiger partial charge on any atom is -0.481 e. The molecule has 0 aliphatic heterocycles. The number of carbonyl (C=O) groups is 1. The highest BCUT2D eigenvalue weighted by atomic mass is 16.4. The van der Waals surface area contributed by atoms with Crippen LogP contribution < -0.4 is 5.73 Å². The van der Waals surface area contributed by atoms with Crippen molar-refractivity contribution in [2.45, 2.75) is 56.9 Å². The van der Waals surface area contributed by atoms with Crippen LogP contribution >= 0.6 is 0 Å². The van der Waals surface area contributed by atoms with Gasteiger partial charge in [-0.15, -0.1) is 0 Å². The summed E-state index contributed by atoms with van der Waals surface area (Å²) in [7, 11) is 0. The Morgan fingerprint density at radius 1 is 1.21 bits per heavy atom. The summed E-state index contributed by atoms with van der Waals surface area (Å²) >= 11 is 0. The van der Waals surface area contributed by atoms with E-state index in [0.717, 1.165) is 11.5 Å². The number of rotatable bonds is 5. The van der Waals surface area contributed by atoms with E-state index in [1.54, 1.807) is 0 Å². The first-order chi connectivity index (χ1) is 9.15. The SMILES string of the molecule is NC(CC(=O)O)Cc1ccc(C2CCCCC2)cc1. The summed E-state index contributed by atoms with van der Waals surface area (Å²) in [6.45, 7) is 0. The fourth-order valence-corrected chi connectivity index (χ4v) is 2.96. The van der Waals surface area contributed by atoms with Crippen LogP contribution in [-0.2, 0) is 11.2 Å². The molecular formula is C16H23NO2. The molecule has 0 radical (unpaired) electrons. The molecule has 0 spiro atoms. The first-order valence-corrected chi connectivity index (χ1v) is 7.21. The van der Waals surface area contributed by atoms with E-state index in [4.69, 9.17) is 10.8 Å². The van der Waals surface area contributed by atoms with E-state index in [1.165, 1.54) is 37.7 Å². The second-order valence-corrected chi connectivity index (χ2v) is 5.64. The zero-order chi connectivity index (χ0) is 13.7.